The molecule has 0 saturated carbocycles. The maximum atomic E-state index is 11.6. The van der Waals surface area contributed by atoms with Gasteiger partial charge in [0, 0.05) is 5.56 Å². The number of aromatic nitrogens is 1. The molecule has 1 aromatic carbocycles. The zero-order chi connectivity index (χ0) is 14.5. The lowest BCUT2D eigenvalue weighted by molar-refractivity contribution is 0.0605. The zero-order valence-electron chi connectivity index (χ0n) is 11.8. The topological polar surface area (TPSA) is 48.4 Å². The molecule has 2 aromatic rings. The monoisotopic (exact) mass is 291 g/mol. The molecule has 20 heavy (non-hydrogen) atoms. The van der Waals surface area contributed by atoms with Crippen molar-refractivity contribution in [1.82, 2.24) is 4.98 Å². The highest BCUT2D eigenvalue weighted by molar-refractivity contribution is 7.17. The predicted molar refractivity (Wildman–Crippen MR) is 79.4 cm³/mol. The van der Waals surface area contributed by atoms with E-state index in [-0.39, 0.29) is 5.97 Å². The molecule has 0 aliphatic rings. The Morgan fingerprint density at radius 3 is 2.90 bits per heavy atom. The molecule has 0 radical (unpaired) electrons. The Kier molecular flexibility index (Phi) is 4.74. The molecule has 106 valence electrons. The van der Waals surface area contributed by atoms with Crippen LogP contribution in [0.15, 0.2) is 24.3 Å². The molecule has 5 heteroatoms. The number of hydrogen-bond acceptors (Lipinski definition) is 5. The molecule has 0 bridgehead atoms. The lowest BCUT2D eigenvalue weighted by Gasteiger charge is -2.05. The summed E-state index contributed by atoms with van der Waals surface area (Å²) in [4.78, 5) is 16.6. The third kappa shape index (κ3) is 3.17. The van der Waals surface area contributed by atoms with Gasteiger partial charge in [0.25, 0.3) is 0 Å². The van der Waals surface area contributed by atoms with Gasteiger partial charge in [-0.2, -0.15) is 0 Å². The maximum Gasteiger partial charge on any atom is 0.349 e. The van der Waals surface area contributed by atoms with E-state index in [1.165, 1.54) is 18.4 Å². The quantitative estimate of drug-likeness (QED) is 0.788. The number of esters is 1. The summed E-state index contributed by atoms with van der Waals surface area (Å²) >= 11 is 1.34. The Balaban J connectivity index is 2.29. The number of nitrogens with zero attached hydrogens (tertiary/aromatic N) is 1. The molecular weight excluding hydrogens is 274 g/mol. The smallest absolute Gasteiger partial charge is 0.349 e. The minimum Gasteiger partial charge on any atom is -0.494 e. The molecular formula is C15H17NO3S. The van der Waals surface area contributed by atoms with E-state index in [1.807, 2.05) is 31.2 Å². The molecule has 4 nitrogen and oxygen atoms in total. The summed E-state index contributed by atoms with van der Waals surface area (Å²) in [7, 11) is 1.38. The summed E-state index contributed by atoms with van der Waals surface area (Å²) in [6.07, 6.45) is 0.965. The van der Waals surface area contributed by atoms with Crippen molar-refractivity contribution in [3.05, 3.63) is 34.8 Å². The average molecular weight is 291 g/mol. The number of ether oxygens (including phenoxy) is 2. The lowest BCUT2D eigenvalue weighted by Crippen LogP contribution is -1.99. The first-order valence-corrected chi connectivity index (χ1v) is 7.26. The number of benzene rings is 1. The molecule has 0 amide bonds. The predicted octanol–water partition coefficient (Wildman–Crippen LogP) is 3.69. The van der Waals surface area contributed by atoms with Crippen molar-refractivity contribution < 1.29 is 14.3 Å². The second-order valence-corrected chi connectivity index (χ2v) is 5.30. The van der Waals surface area contributed by atoms with Gasteiger partial charge in [-0.25, -0.2) is 9.78 Å². The molecule has 0 saturated heterocycles. The third-order valence-corrected chi connectivity index (χ3v) is 3.91. The standard InChI is InChI=1S/C15H17NO3S/c1-4-8-19-12-7-5-6-11(9-12)14-16-10(2)13(20-14)15(17)18-3/h5-7,9H,4,8H2,1-3H3. The van der Waals surface area contributed by atoms with Gasteiger partial charge >= 0.3 is 5.97 Å². The Labute approximate surface area is 122 Å². The van der Waals surface area contributed by atoms with E-state index in [2.05, 4.69) is 11.9 Å². The van der Waals surface area contributed by atoms with E-state index in [1.54, 1.807) is 0 Å². The Morgan fingerprint density at radius 1 is 1.40 bits per heavy atom. The van der Waals surface area contributed by atoms with Crippen LogP contribution in [0.25, 0.3) is 10.6 Å². The summed E-state index contributed by atoms with van der Waals surface area (Å²) in [5.41, 5.74) is 1.64. The molecule has 0 atom stereocenters. The van der Waals surface area contributed by atoms with Crippen molar-refractivity contribution in [2.75, 3.05) is 13.7 Å². The summed E-state index contributed by atoms with van der Waals surface area (Å²) in [5, 5.41) is 0.796. The van der Waals surface area contributed by atoms with E-state index in [9.17, 15) is 4.79 Å². The van der Waals surface area contributed by atoms with Crippen LogP contribution >= 0.6 is 11.3 Å². The number of carbonyl (C=O) groups excluding carboxylic acids is 1. The first-order chi connectivity index (χ1) is 9.65. The molecule has 2 rings (SSSR count). The van der Waals surface area contributed by atoms with Crippen molar-refractivity contribution in [2.24, 2.45) is 0 Å². The van der Waals surface area contributed by atoms with Crippen LogP contribution in [0.5, 0.6) is 5.75 Å². The van der Waals surface area contributed by atoms with Crippen LogP contribution in [0.4, 0.5) is 0 Å². The van der Waals surface area contributed by atoms with Crippen molar-refractivity contribution in [1.29, 1.82) is 0 Å². The Morgan fingerprint density at radius 2 is 2.20 bits per heavy atom. The van der Waals surface area contributed by atoms with Crippen LogP contribution in [-0.2, 0) is 4.74 Å². The fourth-order valence-electron chi connectivity index (χ4n) is 1.74. The third-order valence-electron chi connectivity index (χ3n) is 2.72. The summed E-state index contributed by atoms with van der Waals surface area (Å²) in [6, 6.07) is 7.74. The van der Waals surface area contributed by atoms with E-state index in [0.717, 1.165) is 22.7 Å². The fourth-order valence-corrected chi connectivity index (χ4v) is 2.72. The number of thiazole rings is 1. The fraction of sp³-hybridized carbons (Fsp3) is 0.333. The van der Waals surface area contributed by atoms with Gasteiger partial charge in [0.05, 0.1) is 19.4 Å². The molecule has 0 unspecified atom stereocenters. The largest absolute Gasteiger partial charge is 0.494 e. The number of methoxy groups -OCH3 is 1. The summed E-state index contributed by atoms with van der Waals surface area (Å²) < 4.78 is 10.4. The number of carbonyl (C=O) groups is 1. The Hall–Kier alpha value is -1.88. The highest BCUT2D eigenvalue weighted by Crippen LogP contribution is 2.30. The minimum atomic E-state index is -0.343. The van der Waals surface area contributed by atoms with Gasteiger partial charge in [-0.05, 0) is 25.5 Å². The minimum absolute atomic E-state index is 0.343. The molecule has 0 aliphatic carbocycles. The first kappa shape index (κ1) is 14.5. The molecule has 0 fully saturated rings. The molecule has 0 N–H and O–H groups in total. The van der Waals surface area contributed by atoms with Crippen LogP contribution in [-0.4, -0.2) is 24.7 Å². The van der Waals surface area contributed by atoms with Crippen molar-refractivity contribution in [2.45, 2.75) is 20.3 Å². The van der Waals surface area contributed by atoms with E-state index < -0.39 is 0 Å². The lowest BCUT2D eigenvalue weighted by atomic mass is 10.2. The number of aryl methyl sites for hydroxylation is 1. The van der Waals surface area contributed by atoms with Crippen LogP contribution in [0.2, 0.25) is 0 Å². The second kappa shape index (κ2) is 6.52. The van der Waals surface area contributed by atoms with Crippen molar-refractivity contribution >= 4 is 17.3 Å². The second-order valence-electron chi connectivity index (χ2n) is 4.30. The normalized spacial score (nSPS) is 10.3. The molecule has 1 aromatic heterocycles. The zero-order valence-corrected chi connectivity index (χ0v) is 12.6. The van der Waals surface area contributed by atoms with Gasteiger partial charge in [0.2, 0.25) is 0 Å². The number of rotatable bonds is 5. The van der Waals surface area contributed by atoms with Gasteiger partial charge in [-0.3, -0.25) is 0 Å². The van der Waals surface area contributed by atoms with E-state index in [0.29, 0.717) is 17.2 Å². The van der Waals surface area contributed by atoms with Gasteiger partial charge in [0.1, 0.15) is 15.6 Å². The number of hydrogen-bond donors (Lipinski definition) is 0. The average Bonchev–Trinajstić information content (AvgIpc) is 2.86. The van der Waals surface area contributed by atoms with Gasteiger partial charge in [-0.1, -0.05) is 19.1 Å². The summed E-state index contributed by atoms with van der Waals surface area (Å²) in [5.74, 6) is 0.474. The van der Waals surface area contributed by atoms with E-state index >= 15 is 0 Å². The highest BCUT2D eigenvalue weighted by atomic mass is 32.1. The molecule has 0 spiro atoms. The van der Waals surface area contributed by atoms with E-state index in [4.69, 9.17) is 9.47 Å². The highest BCUT2D eigenvalue weighted by Gasteiger charge is 2.16. The van der Waals surface area contributed by atoms with Gasteiger partial charge in [-0.15, -0.1) is 11.3 Å². The molecule has 0 aliphatic heterocycles. The van der Waals surface area contributed by atoms with Crippen molar-refractivity contribution in [3.8, 4) is 16.3 Å². The maximum absolute atomic E-state index is 11.6. The Bertz CT molecular complexity index is 607. The summed E-state index contributed by atoms with van der Waals surface area (Å²) in [6.45, 7) is 4.56. The van der Waals surface area contributed by atoms with Crippen molar-refractivity contribution in [3.63, 3.8) is 0 Å². The van der Waals surface area contributed by atoms with Crippen LogP contribution in [0, 0.1) is 6.92 Å². The molecule has 1 heterocycles. The first-order valence-electron chi connectivity index (χ1n) is 6.44. The van der Waals surface area contributed by atoms with Crippen LogP contribution in [0.1, 0.15) is 28.7 Å². The van der Waals surface area contributed by atoms with Crippen LogP contribution < -0.4 is 4.74 Å². The van der Waals surface area contributed by atoms with Crippen LogP contribution in [0.3, 0.4) is 0 Å². The SMILES string of the molecule is CCCOc1cccc(-c2nc(C)c(C(=O)OC)s2)c1. The van der Waals surface area contributed by atoms with Gasteiger partial charge in [0.15, 0.2) is 0 Å². The van der Waals surface area contributed by atoms with Gasteiger partial charge < -0.3 is 9.47 Å².